The van der Waals surface area contributed by atoms with Gasteiger partial charge in [0.1, 0.15) is 0 Å². The Morgan fingerprint density at radius 1 is 1.37 bits per heavy atom. The lowest BCUT2D eigenvalue weighted by atomic mass is 10.3. The number of rotatable bonds is 6. The number of hydrogen-bond acceptors (Lipinski definition) is 4. The van der Waals surface area contributed by atoms with Gasteiger partial charge in [-0.2, -0.15) is 8.78 Å². The number of thiazole rings is 1. The van der Waals surface area contributed by atoms with Gasteiger partial charge < -0.3 is 5.32 Å². The highest BCUT2D eigenvalue weighted by Gasteiger charge is 2.09. The Morgan fingerprint density at radius 2 is 2.16 bits per heavy atom. The highest BCUT2D eigenvalue weighted by atomic mass is 32.2. The molecule has 0 saturated carbocycles. The van der Waals surface area contributed by atoms with Crippen LogP contribution in [0, 0.1) is 0 Å². The van der Waals surface area contributed by atoms with Crippen LogP contribution in [-0.4, -0.2) is 10.7 Å². The van der Waals surface area contributed by atoms with E-state index in [9.17, 15) is 8.78 Å². The largest absolute Gasteiger partial charge is 0.378 e. The second kappa shape index (κ2) is 6.86. The van der Waals surface area contributed by atoms with Crippen molar-refractivity contribution < 1.29 is 8.78 Å². The standard InChI is InChI=1S/C13H14F2N2S2/c1-2-12-17-9(8-18-12)7-16-10-5-3-4-6-11(10)19-13(14)15/h3-6,8,13,16H,2,7H2,1H3. The van der Waals surface area contributed by atoms with E-state index in [0.29, 0.717) is 23.2 Å². The third-order valence-electron chi connectivity index (χ3n) is 2.46. The van der Waals surface area contributed by atoms with E-state index in [1.54, 1.807) is 29.5 Å². The van der Waals surface area contributed by atoms with E-state index in [1.807, 2.05) is 11.4 Å². The van der Waals surface area contributed by atoms with Gasteiger partial charge >= 0.3 is 0 Å². The molecule has 0 radical (unpaired) electrons. The zero-order valence-corrected chi connectivity index (χ0v) is 12.0. The Balaban J connectivity index is 2.02. The van der Waals surface area contributed by atoms with E-state index in [2.05, 4.69) is 17.2 Å². The first-order valence-corrected chi connectivity index (χ1v) is 7.66. The lowest BCUT2D eigenvalue weighted by Gasteiger charge is -2.10. The number of alkyl halides is 2. The zero-order valence-electron chi connectivity index (χ0n) is 10.4. The number of aryl methyl sites for hydroxylation is 1. The second-order valence-electron chi connectivity index (χ2n) is 3.81. The van der Waals surface area contributed by atoms with Crippen LogP contribution in [0.2, 0.25) is 0 Å². The molecule has 0 bridgehead atoms. The Morgan fingerprint density at radius 3 is 2.84 bits per heavy atom. The van der Waals surface area contributed by atoms with Gasteiger partial charge in [0.15, 0.2) is 0 Å². The maximum Gasteiger partial charge on any atom is 0.288 e. The van der Waals surface area contributed by atoms with Crippen molar-refractivity contribution in [3.63, 3.8) is 0 Å². The molecule has 1 N–H and O–H groups in total. The average molecular weight is 300 g/mol. The molecular weight excluding hydrogens is 286 g/mol. The number of aromatic nitrogens is 1. The van der Waals surface area contributed by atoms with Crippen molar-refractivity contribution in [1.29, 1.82) is 0 Å². The van der Waals surface area contributed by atoms with Crippen LogP contribution in [0.4, 0.5) is 14.5 Å². The fourth-order valence-corrected chi connectivity index (χ4v) is 2.95. The van der Waals surface area contributed by atoms with Crippen molar-refractivity contribution >= 4 is 28.8 Å². The first kappa shape index (κ1) is 14.3. The summed E-state index contributed by atoms with van der Waals surface area (Å²) in [5, 5.41) is 6.25. The highest BCUT2D eigenvalue weighted by Crippen LogP contribution is 2.31. The number of anilines is 1. The number of thioether (sulfide) groups is 1. The molecule has 6 heteroatoms. The number of benzene rings is 1. The molecular formula is C13H14F2N2S2. The summed E-state index contributed by atoms with van der Waals surface area (Å²) in [6, 6.07) is 7.08. The summed E-state index contributed by atoms with van der Waals surface area (Å²) in [4.78, 5) is 4.99. The van der Waals surface area contributed by atoms with Crippen LogP contribution < -0.4 is 5.32 Å². The molecule has 0 aliphatic carbocycles. The van der Waals surface area contributed by atoms with E-state index in [-0.39, 0.29) is 0 Å². The van der Waals surface area contributed by atoms with Gasteiger partial charge in [-0.1, -0.05) is 30.8 Å². The average Bonchev–Trinajstić information content (AvgIpc) is 2.85. The molecule has 0 amide bonds. The monoisotopic (exact) mass is 300 g/mol. The fraction of sp³-hybridized carbons (Fsp3) is 0.308. The maximum absolute atomic E-state index is 12.4. The van der Waals surface area contributed by atoms with Gasteiger partial charge in [-0.25, -0.2) is 4.98 Å². The normalized spacial score (nSPS) is 10.9. The van der Waals surface area contributed by atoms with Crippen LogP contribution in [0.1, 0.15) is 17.6 Å². The molecule has 0 aliphatic heterocycles. The van der Waals surface area contributed by atoms with Gasteiger partial charge in [-0.15, -0.1) is 11.3 Å². The van der Waals surface area contributed by atoms with E-state index in [4.69, 9.17) is 0 Å². The molecule has 0 aliphatic rings. The van der Waals surface area contributed by atoms with Crippen molar-refractivity contribution in [2.45, 2.75) is 30.5 Å². The van der Waals surface area contributed by atoms with E-state index in [0.717, 1.165) is 22.8 Å². The number of halogens is 2. The van der Waals surface area contributed by atoms with E-state index >= 15 is 0 Å². The number of hydrogen-bond donors (Lipinski definition) is 1. The number of nitrogens with zero attached hydrogens (tertiary/aromatic N) is 1. The Bertz CT molecular complexity index is 529. The molecule has 0 spiro atoms. The Hall–Kier alpha value is -1.14. The predicted molar refractivity (Wildman–Crippen MR) is 77.1 cm³/mol. The minimum atomic E-state index is -2.41. The smallest absolute Gasteiger partial charge is 0.288 e. The van der Waals surface area contributed by atoms with Gasteiger partial charge in [0.05, 0.1) is 17.2 Å². The molecule has 2 aromatic rings. The summed E-state index contributed by atoms with van der Waals surface area (Å²) >= 11 is 2.18. The number of nitrogens with one attached hydrogen (secondary N) is 1. The molecule has 1 heterocycles. The second-order valence-corrected chi connectivity index (χ2v) is 5.79. The summed E-state index contributed by atoms with van der Waals surface area (Å²) in [5.74, 6) is -2.41. The SMILES string of the molecule is CCc1nc(CNc2ccccc2SC(F)F)cs1. The first-order chi connectivity index (χ1) is 9.19. The topological polar surface area (TPSA) is 24.9 Å². The number of para-hydroxylation sites is 1. The lowest BCUT2D eigenvalue weighted by Crippen LogP contribution is -2.01. The molecule has 1 aromatic carbocycles. The quantitative estimate of drug-likeness (QED) is 0.787. The maximum atomic E-state index is 12.4. The molecule has 0 unspecified atom stereocenters. The van der Waals surface area contributed by atoms with Crippen molar-refractivity contribution in [1.82, 2.24) is 4.98 Å². The van der Waals surface area contributed by atoms with Crippen LogP contribution in [0.5, 0.6) is 0 Å². The van der Waals surface area contributed by atoms with Crippen LogP contribution in [0.15, 0.2) is 34.5 Å². The van der Waals surface area contributed by atoms with Gasteiger partial charge in [-0.05, 0) is 18.6 Å². The predicted octanol–water partition coefficient (Wildman–Crippen LogP) is 4.63. The molecule has 0 saturated heterocycles. The van der Waals surface area contributed by atoms with Crippen LogP contribution >= 0.6 is 23.1 Å². The minimum Gasteiger partial charge on any atom is -0.378 e. The molecule has 2 nitrogen and oxygen atoms in total. The third-order valence-corrected chi connectivity index (χ3v) is 4.29. The third kappa shape index (κ3) is 4.18. The summed E-state index contributed by atoms with van der Waals surface area (Å²) in [6.45, 7) is 2.61. The van der Waals surface area contributed by atoms with Gasteiger partial charge in [-0.3, -0.25) is 0 Å². The van der Waals surface area contributed by atoms with Crippen LogP contribution in [0.25, 0.3) is 0 Å². The summed E-state index contributed by atoms with van der Waals surface area (Å²) in [7, 11) is 0. The van der Waals surface area contributed by atoms with Crippen molar-refractivity contribution in [3.05, 3.63) is 40.3 Å². The van der Waals surface area contributed by atoms with E-state index < -0.39 is 5.76 Å². The van der Waals surface area contributed by atoms with Crippen LogP contribution in [0.3, 0.4) is 0 Å². The minimum absolute atomic E-state index is 0.553. The molecule has 1 aromatic heterocycles. The van der Waals surface area contributed by atoms with Gasteiger partial charge in [0.25, 0.3) is 5.76 Å². The van der Waals surface area contributed by atoms with Crippen molar-refractivity contribution in [3.8, 4) is 0 Å². The highest BCUT2D eigenvalue weighted by molar-refractivity contribution is 7.99. The van der Waals surface area contributed by atoms with E-state index in [1.165, 1.54) is 0 Å². The Labute approximate surface area is 119 Å². The first-order valence-electron chi connectivity index (χ1n) is 5.90. The molecule has 0 atom stereocenters. The molecule has 102 valence electrons. The lowest BCUT2D eigenvalue weighted by molar-refractivity contribution is 0.252. The summed E-state index contributed by atoms with van der Waals surface area (Å²) in [6.07, 6.45) is 0.919. The van der Waals surface area contributed by atoms with Crippen LogP contribution in [-0.2, 0) is 13.0 Å². The van der Waals surface area contributed by atoms with Gasteiger partial charge in [0.2, 0.25) is 0 Å². The molecule has 2 rings (SSSR count). The summed E-state index contributed by atoms with van der Waals surface area (Å²) in [5.41, 5.74) is 1.66. The summed E-state index contributed by atoms with van der Waals surface area (Å²) < 4.78 is 24.9. The fourth-order valence-electron chi connectivity index (χ4n) is 1.59. The molecule has 0 fully saturated rings. The van der Waals surface area contributed by atoms with Gasteiger partial charge in [0, 0.05) is 16.0 Å². The zero-order chi connectivity index (χ0) is 13.7. The van der Waals surface area contributed by atoms with Crippen molar-refractivity contribution in [2.24, 2.45) is 0 Å². The van der Waals surface area contributed by atoms with Crippen molar-refractivity contribution in [2.75, 3.05) is 5.32 Å². The molecule has 19 heavy (non-hydrogen) atoms. The Kier molecular flexibility index (Phi) is 5.15.